The second-order valence-corrected chi connectivity index (χ2v) is 10.3. The topological polar surface area (TPSA) is 40.6 Å². The lowest BCUT2D eigenvalue weighted by Gasteiger charge is -2.49. The molecule has 5 rings (SSSR count). The van der Waals surface area contributed by atoms with Crippen LogP contribution in [0.3, 0.4) is 0 Å². The van der Waals surface area contributed by atoms with Gasteiger partial charge in [-0.25, -0.2) is 8.42 Å². The van der Waals surface area contributed by atoms with Crippen LogP contribution in [0.25, 0.3) is 0 Å². The summed E-state index contributed by atoms with van der Waals surface area (Å²) in [5, 5.41) is 0. The zero-order chi connectivity index (χ0) is 19.6. The van der Waals surface area contributed by atoms with Crippen LogP contribution in [0, 0.1) is 12.8 Å². The highest BCUT2D eigenvalue weighted by atomic mass is 32.2. The van der Waals surface area contributed by atoms with Crippen LogP contribution in [-0.4, -0.2) is 38.4 Å². The van der Waals surface area contributed by atoms with E-state index in [1.54, 1.807) is 16.4 Å². The normalized spacial score (nSPS) is 29.5. The van der Waals surface area contributed by atoms with E-state index in [-0.39, 0.29) is 0 Å². The summed E-state index contributed by atoms with van der Waals surface area (Å²) >= 11 is 0. The number of aryl methyl sites for hydroxylation is 1. The Morgan fingerprint density at radius 3 is 2.43 bits per heavy atom. The van der Waals surface area contributed by atoms with Gasteiger partial charge in [-0.2, -0.15) is 4.31 Å². The summed E-state index contributed by atoms with van der Waals surface area (Å²) in [5.41, 5.74) is 6.41. The van der Waals surface area contributed by atoms with Crippen molar-refractivity contribution in [3.05, 3.63) is 70.8 Å². The van der Waals surface area contributed by atoms with Crippen molar-refractivity contribution in [1.82, 2.24) is 4.31 Å². The summed E-state index contributed by atoms with van der Waals surface area (Å²) in [6.07, 6.45) is 0. The molecule has 0 radical (unpaired) electrons. The van der Waals surface area contributed by atoms with Crippen LogP contribution >= 0.6 is 0 Å². The van der Waals surface area contributed by atoms with Gasteiger partial charge in [0.2, 0.25) is 10.0 Å². The fourth-order valence-corrected chi connectivity index (χ4v) is 6.88. The first-order valence-corrected chi connectivity index (χ1v) is 11.5. The van der Waals surface area contributed by atoms with Gasteiger partial charge in [0.1, 0.15) is 0 Å². The predicted molar refractivity (Wildman–Crippen MR) is 112 cm³/mol. The van der Waals surface area contributed by atoms with Crippen LogP contribution in [-0.2, 0) is 10.0 Å². The third kappa shape index (κ3) is 2.42. The molecule has 0 saturated heterocycles. The SMILES string of the molecule is C/C1=C2/C3C(c4ccccc4N3CCN(S(=O)(=O)c3ccc(C)cc3)C1)[C@@H]2C. The van der Waals surface area contributed by atoms with Crippen molar-refractivity contribution in [1.29, 1.82) is 0 Å². The molecular weight excluding hydrogens is 368 g/mol. The van der Waals surface area contributed by atoms with Crippen molar-refractivity contribution in [2.75, 3.05) is 24.5 Å². The zero-order valence-corrected chi connectivity index (χ0v) is 17.4. The average molecular weight is 395 g/mol. The van der Waals surface area contributed by atoms with Gasteiger partial charge in [-0.3, -0.25) is 0 Å². The van der Waals surface area contributed by atoms with Gasteiger partial charge in [-0.1, -0.05) is 48.4 Å². The Hall–Kier alpha value is -2.11. The van der Waals surface area contributed by atoms with E-state index in [0.717, 1.165) is 12.1 Å². The predicted octanol–water partition coefficient (Wildman–Crippen LogP) is 3.94. The van der Waals surface area contributed by atoms with Gasteiger partial charge < -0.3 is 4.90 Å². The monoisotopic (exact) mass is 394 g/mol. The third-order valence-electron chi connectivity index (χ3n) is 6.78. The molecule has 0 amide bonds. The number of para-hydroxylation sites is 1. The Bertz CT molecular complexity index is 1070. The number of rotatable bonds is 2. The maximum atomic E-state index is 13.3. The Morgan fingerprint density at radius 1 is 0.964 bits per heavy atom. The second-order valence-electron chi connectivity index (χ2n) is 8.40. The van der Waals surface area contributed by atoms with E-state index in [2.05, 4.69) is 43.0 Å². The Balaban J connectivity index is 1.55. The standard InChI is InChI=1S/C23H26N2O2S/c1-15-8-10-18(11-9-15)28(26,27)24-12-13-25-20-7-5-4-6-19(20)22-17(3)21(23(22)25)16(2)14-24/h4-11,17,22-23H,12-14H2,1-3H3/b21-16-/t17-,22?,23?/m1/s1. The number of anilines is 1. The van der Waals surface area contributed by atoms with Crippen LogP contribution in [0.2, 0.25) is 0 Å². The first-order chi connectivity index (χ1) is 13.4. The van der Waals surface area contributed by atoms with E-state index in [1.807, 2.05) is 19.1 Å². The minimum atomic E-state index is -3.51. The largest absolute Gasteiger partial charge is 0.363 e. The molecule has 4 nitrogen and oxygen atoms in total. The van der Waals surface area contributed by atoms with Crippen molar-refractivity contribution >= 4 is 15.7 Å². The lowest BCUT2D eigenvalue weighted by atomic mass is 9.63. The van der Waals surface area contributed by atoms with E-state index >= 15 is 0 Å². The lowest BCUT2D eigenvalue weighted by molar-refractivity contribution is 0.319. The van der Waals surface area contributed by atoms with Gasteiger partial charge in [-0.15, -0.1) is 0 Å². The first-order valence-electron chi connectivity index (χ1n) is 10.0. The summed E-state index contributed by atoms with van der Waals surface area (Å²) in [4.78, 5) is 2.82. The number of hydrogen-bond acceptors (Lipinski definition) is 3. The number of sulfonamides is 1. The fraction of sp³-hybridized carbons (Fsp3) is 0.391. The fourth-order valence-electron chi connectivity index (χ4n) is 5.41. The molecule has 0 bridgehead atoms. The maximum Gasteiger partial charge on any atom is 0.243 e. The number of nitrogens with zero attached hydrogens (tertiary/aromatic N) is 2. The third-order valence-corrected chi connectivity index (χ3v) is 8.64. The Morgan fingerprint density at radius 2 is 1.68 bits per heavy atom. The van der Waals surface area contributed by atoms with E-state index in [9.17, 15) is 8.42 Å². The van der Waals surface area contributed by atoms with Crippen molar-refractivity contribution in [3.63, 3.8) is 0 Å². The molecule has 0 aromatic heterocycles. The van der Waals surface area contributed by atoms with Crippen LogP contribution < -0.4 is 4.90 Å². The molecule has 0 spiro atoms. The molecular formula is C23H26N2O2S. The van der Waals surface area contributed by atoms with Gasteiger partial charge in [-0.05, 0) is 49.1 Å². The highest BCUT2D eigenvalue weighted by Gasteiger charge is 2.54. The molecule has 5 heteroatoms. The van der Waals surface area contributed by atoms with Crippen molar-refractivity contribution in [2.45, 2.75) is 37.6 Å². The molecule has 146 valence electrons. The molecule has 2 heterocycles. The smallest absolute Gasteiger partial charge is 0.243 e. The number of fused-ring (bicyclic) bond motifs is 3. The second kappa shape index (κ2) is 6.19. The lowest BCUT2D eigenvalue weighted by Crippen LogP contribution is -2.53. The molecule has 1 aliphatic carbocycles. The van der Waals surface area contributed by atoms with E-state index in [4.69, 9.17) is 0 Å². The number of hydrogen-bond donors (Lipinski definition) is 0. The molecule has 1 fully saturated rings. The molecule has 3 aliphatic rings. The summed E-state index contributed by atoms with van der Waals surface area (Å²) in [7, 11) is -3.51. The molecule has 2 aromatic rings. The van der Waals surface area contributed by atoms with E-state index < -0.39 is 10.0 Å². The van der Waals surface area contributed by atoms with Crippen molar-refractivity contribution in [3.8, 4) is 0 Å². The number of benzene rings is 2. The van der Waals surface area contributed by atoms with Gasteiger partial charge in [0.15, 0.2) is 0 Å². The summed E-state index contributed by atoms with van der Waals surface area (Å²) in [5.74, 6) is 1.01. The minimum Gasteiger partial charge on any atom is -0.363 e. The Labute approximate surface area is 167 Å². The highest BCUT2D eigenvalue weighted by Crippen LogP contribution is 2.58. The minimum absolute atomic E-state index is 0.384. The van der Waals surface area contributed by atoms with Crippen LogP contribution in [0.4, 0.5) is 5.69 Å². The van der Waals surface area contributed by atoms with Crippen molar-refractivity contribution in [2.24, 2.45) is 5.92 Å². The van der Waals surface area contributed by atoms with E-state index in [0.29, 0.717) is 35.9 Å². The molecule has 2 aliphatic heterocycles. The zero-order valence-electron chi connectivity index (χ0n) is 16.6. The van der Waals surface area contributed by atoms with Crippen LogP contribution in [0.15, 0.2) is 64.6 Å². The first kappa shape index (κ1) is 18.0. The van der Waals surface area contributed by atoms with Gasteiger partial charge >= 0.3 is 0 Å². The molecule has 2 aromatic carbocycles. The Kier molecular flexibility index (Phi) is 3.97. The molecule has 3 atom stereocenters. The quantitative estimate of drug-likeness (QED) is 0.725. The average Bonchev–Trinajstić information content (AvgIpc) is 2.92. The molecule has 28 heavy (non-hydrogen) atoms. The summed E-state index contributed by atoms with van der Waals surface area (Å²) < 4.78 is 28.3. The van der Waals surface area contributed by atoms with Crippen molar-refractivity contribution < 1.29 is 8.42 Å². The summed E-state index contributed by atoms with van der Waals surface area (Å²) in [6, 6.07) is 16.2. The molecule has 0 N–H and O–H groups in total. The van der Waals surface area contributed by atoms with Gasteiger partial charge in [0, 0.05) is 31.2 Å². The van der Waals surface area contributed by atoms with Crippen LogP contribution in [0.1, 0.15) is 30.9 Å². The van der Waals surface area contributed by atoms with E-state index in [1.165, 1.54) is 22.4 Å². The highest BCUT2D eigenvalue weighted by molar-refractivity contribution is 7.89. The summed E-state index contributed by atoms with van der Waals surface area (Å²) in [6.45, 7) is 8.11. The molecule has 1 saturated carbocycles. The van der Waals surface area contributed by atoms with Gasteiger partial charge in [0.05, 0.1) is 10.9 Å². The van der Waals surface area contributed by atoms with Gasteiger partial charge in [0.25, 0.3) is 0 Å². The maximum absolute atomic E-state index is 13.3. The molecule has 2 unspecified atom stereocenters. The van der Waals surface area contributed by atoms with Crippen LogP contribution in [0.5, 0.6) is 0 Å².